The highest BCUT2D eigenvalue weighted by molar-refractivity contribution is 9.10. The first-order valence-corrected chi connectivity index (χ1v) is 11.3. The topological polar surface area (TPSA) is 52.0 Å². The number of rotatable bonds is 5. The van der Waals surface area contributed by atoms with Crippen LogP contribution in [0.3, 0.4) is 0 Å². The maximum atomic E-state index is 6.23. The van der Waals surface area contributed by atoms with Crippen molar-refractivity contribution in [3.63, 3.8) is 0 Å². The fourth-order valence-electron chi connectivity index (χ4n) is 1.79. The molecule has 0 amide bonds. The molecule has 126 valence electrons. The van der Waals surface area contributed by atoms with Crippen molar-refractivity contribution in [1.29, 1.82) is 0 Å². The molecule has 0 aliphatic carbocycles. The largest absolute Gasteiger partial charge is 0.411 e. The lowest BCUT2D eigenvalue weighted by Gasteiger charge is -2.35. The maximum absolute atomic E-state index is 6.23. The second-order valence-electron chi connectivity index (χ2n) is 7.18. The van der Waals surface area contributed by atoms with Gasteiger partial charge in [-0.1, -0.05) is 36.7 Å². The molecule has 0 atom stereocenters. The molecule has 0 aliphatic heterocycles. The van der Waals surface area contributed by atoms with Crippen LogP contribution in [0.2, 0.25) is 18.1 Å². The number of nitrogens with one attached hydrogen (secondary N) is 1. The molecule has 0 saturated heterocycles. The summed E-state index contributed by atoms with van der Waals surface area (Å²) in [5, 5.41) is 8.00. The Bertz CT molecular complexity index is 679. The number of aryl methyl sites for hydroxylation is 1. The average Bonchev–Trinajstić information content (AvgIpc) is 2.76. The summed E-state index contributed by atoms with van der Waals surface area (Å²) in [6.07, 6.45) is 1.75. The van der Waals surface area contributed by atoms with Crippen molar-refractivity contribution < 1.29 is 4.43 Å². The number of anilines is 2. The molecule has 23 heavy (non-hydrogen) atoms. The van der Waals surface area contributed by atoms with Gasteiger partial charge >= 0.3 is 0 Å². The summed E-state index contributed by atoms with van der Waals surface area (Å²) in [5.74, 6) is 1.67. The summed E-state index contributed by atoms with van der Waals surface area (Å²) in [5.41, 5.74) is 0.926. The standard InChI is InChI=1S/C16H25BrN4OSi/c1-16(2,3)23(5,6)22-11-13-10-15(21(4)20-13)19-14-9-12(17)7-8-18-14/h7-10H,11H2,1-6H3,(H,18,19). The molecule has 7 heteroatoms. The van der Waals surface area contributed by atoms with Gasteiger partial charge in [0, 0.05) is 23.8 Å². The average molecular weight is 397 g/mol. The van der Waals surface area contributed by atoms with Crippen LogP contribution in [-0.4, -0.2) is 23.1 Å². The van der Waals surface area contributed by atoms with Gasteiger partial charge in [-0.3, -0.25) is 4.68 Å². The Morgan fingerprint density at radius 3 is 2.61 bits per heavy atom. The van der Waals surface area contributed by atoms with E-state index >= 15 is 0 Å². The molecular formula is C16H25BrN4OSi. The predicted octanol–water partition coefficient (Wildman–Crippen LogP) is 4.84. The molecule has 1 N–H and O–H groups in total. The molecule has 0 saturated carbocycles. The molecule has 0 unspecified atom stereocenters. The molecule has 2 aromatic heterocycles. The quantitative estimate of drug-likeness (QED) is 0.734. The lowest BCUT2D eigenvalue weighted by atomic mass is 10.2. The first-order valence-electron chi connectivity index (χ1n) is 7.64. The van der Waals surface area contributed by atoms with E-state index in [0.717, 1.165) is 21.8 Å². The highest BCUT2D eigenvalue weighted by atomic mass is 79.9. The number of halogens is 1. The van der Waals surface area contributed by atoms with Gasteiger partial charge in [-0.15, -0.1) is 0 Å². The van der Waals surface area contributed by atoms with Crippen LogP contribution < -0.4 is 5.32 Å². The van der Waals surface area contributed by atoms with Gasteiger partial charge in [0.1, 0.15) is 11.6 Å². The van der Waals surface area contributed by atoms with Crippen molar-refractivity contribution in [3.8, 4) is 0 Å². The Morgan fingerprint density at radius 1 is 1.30 bits per heavy atom. The van der Waals surface area contributed by atoms with Gasteiger partial charge in [0.2, 0.25) is 0 Å². The van der Waals surface area contributed by atoms with Gasteiger partial charge in [-0.2, -0.15) is 5.10 Å². The van der Waals surface area contributed by atoms with E-state index in [4.69, 9.17) is 4.43 Å². The smallest absolute Gasteiger partial charge is 0.192 e. The number of hydrogen-bond donors (Lipinski definition) is 1. The van der Waals surface area contributed by atoms with Crippen LogP contribution in [0.15, 0.2) is 28.9 Å². The van der Waals surface area contributed by atoms with Crippen molar-refractivity contribution >= 4 is 35.9 Å². The molecule has 5 nitrogen and oxygen atoms in total. The number of nitrogens with zero attached hydrogens (tertiary/aromatic N) is 3. The monoisotopic (exact) mass is 396 g/mol. The maximum Gasteiger partial charge on any atom is 0.192 e. The third kappa shape index (κ3) is 4.65. The first-order chi connectivity index (χ1) is 10.6. The van der Waals surface area contributed by atoms with Crippen molar-refractivity contribution in [1.82, 2.24) is 14.8 Å². The van der Waals surface area contributed by atoms with Crippen LogP contribution in [0.1, 0.15) is 26.5 Å². The second-order valence-corrected chi connectivity index (χ2v) is 12.9. The molecule has 0 radical (unpaired) electrons. The van der Waals surface area contributed by atoms with E-state index in [0.29, 0.717) is 6.61 Å². The SMILES string of the molecule is Cn1nc(CO[Si](C)(C)C(C)(C)C)cc1Nc1cc(Br)ccn1. The molecule has 0 fully saturated rings. The van der Waals surface area contributed by atoms with Gasteiger partial charge < -0.3 is 9.74 Å². The Labute approximate surface area is 147 Å². The molecule has 2 aromatic rings. The van der Waals surface area contributed by atoms with Gasteiger partial charge in [-0.25, -0.2) is 4.98 Å². The van der Waals surface area contributed by atoms with Crippen LogP contribution in [0.25, 0.3) is 0 Å². The summed E-state index contributed by atoms with van der Waals surface area (Å²) in [4.78, 5) is 4.30. The number of hydrogen-bond acceptors (Lipinski definition) is 4. The van der Waals surface area contributed by atoms with Crippen LogP contribution in [0, 0.1) is 0 Å². The van der Waals surface area contributed by atoms with Crippen LogP contribution >= 0.6 is 15.9 Å². The first kappa shape index (κ1) is 18.2. The summed E-state index contributed by atoms with van der Waals surface area (Å²) in [6, 6.07) is 5.83. The Hall–Kier alpha value is -1.18. The zero-order chi connectivity index (χ0) is 17.3. The fraction of sp³-hybridized carbons (Fsp3) is 0.500. The van der Waals surface area contributed by atoms with Gasteiger partial charge in [0.05, 0.1) is 12.3 Å². The molecule has 0 spiro atoms. The highest BCUT2D eigenvalue weighted by Gasteiger charge is 2.37. The molecule has 0 aliphatic rings. The summed E-state index contributed by atoms with van der Waals surface area (Å²) in [6.45, 7) is 11.8. The predicted molar refractivity (Wildman–Crippen MR) is 100 cm³/mol. The molecule has 0 aromatic carbocycles. The van der Waals surface area contributed by atoms with Crippen LogP contribution in [0.5, 0.6) is 0 Å². The minimum absolute atomic E-state index is 0.198. The third-order valence-electron chi connectivity index (χ3n) is 4.30. The highest BCUT2D eigenvalue weighted by Crippen LogP contribution is 2.37. The fourth-order valence-corrected chi connectivity index (χ4v) is 3.07. The molecule has 0 bridgehead atoms. The lowest BCUT2D eigenvalue weighted by molar-refractivity contribution is 0.271. The Morgan fingerprint density at radius 2 is 2.00 bits per heavy atom. The minimum atomic E-state index is -1.77. The van der Waals surface area contributed by atoms with Crippen molar-refractivity contribution in [3.05, 3.63) is 34.6 Å². The van der Waals surface area contributed by atoms with Gasteiger partial charge in [0.15, 0.2) is 8.32 Å². The lowest BCUT2D eigenvalue weighted by Crippen LogP contribution is -2.40. The normalized spacial score (nSPS) is 12.5. The van der Waals surface area contributed by atoms with Gasteiger partial charge in [0.25, 0.3) is 0 Å². The van der Waals surface area contributed by atoms with E-state index in [1.807, 2.05) is 29.9 Å². The van der Waals surface area contributed by atoms with E-state index in [2.05, 4.69) is 65.2 Å². The zero-order valence-electron chi connectivity index (χ0n) is 14.6. The van der Waals surface area contributed by atoms with Crippen molar-refractivity contribution in [2.24, 2.45) is 7.05 Å². The van der Waals surface area contributed by atoms with E-state index in [1.165, 1.54) is 0 Å². The minimum Gasteiger partial charge on any atom is -0.411 e. The zero-order valence-corrected chi connectivity index (χ0v) is 17.2. The molecular weight excluding hydrogens is 372 g/mol. The molecule has 2 rings (SSSR count). The van der Waals surface area contributed by atoms with E-state index in [-0.39, 0.29) is 5.04 Å². The summed E-state index contributed by atoms with van der Waals surface area (Å²) >= 11 is 3.45. The third-order valence-corrected chi connectivity index (χ3v) is 9.27. The summed E-state index contributed by atoms with van der Waals surface area (Å²) in [7, 11) is 0.147. The van der Waals surface area contributed by atoms with E-state index in [9.17, 15) is 0 Å². The van der Waals surface area contributed by atoms with E-state index < -0.39 is 8.32 Å². The van der Waals surface area contributed by atoms with Crippen molar-refractivity contribution in [2.45, 2.75) is 45.5 Å². The van der Waals surface area contributed by atoms with E-state index in [1.54, 1.807) is 6.20 Å². The summed E-state index contributed by atoms with van der Waals surface area (Å²) < 4.78 is 9.03. The van der Waals surface area contributed by atoms with Crippen molar-refractivity contribution in [2.75, 3.05) is 5.32 Å². The number of pyridine rings is 1. The van der Waals surface area contributed by atoms with Crippen LogP contribution in [-0.2, 0) is 18.1 Å². The second kappa shape index (κ2) is 6.74. The molecule has 2 heterocycles. The van der Waals surface area contributed by atoms with Crippen LogP contribution in [0.4, 0.5) is 11.6 Å². The number of aromatic nitrogens is 3. The Kier molecular flexibility index (Phi) is 5.32. The Balaban J connectivity index is 2.07. The van der Waals surface area contributed by atoms with Gasteiger partial charge in [-0.05, 0) is 30.3 Å².